The SMILES string of the molecule is Cc1cc(N2CCN(C)CC2)ccc1NC(=O)Cc1cc(C(F)(F)F)cc(Cl)n1. The fraction of sp³-hybridized carbons (Fsp3) is 0.400. The van der Waals surface area contributed by atoms with E-state index in [0.717, 1.165) is 49.6 Å². The highest BCUT2D eigenvalue weighted by Crippen LogP contribution is 2.31. The maximum Gasteiger partial charge on any atom is 0.416 e. The lowest BCUT2D eigenvalue weighted by molar-refractivity contribution is -0.137. The molecule has 0 spiro atoms. The lowest BCUT2D eigenvalue weighted by Crippen LogP contribution is -2.44. The molecule has 2 aromatic rings. The molecule has 0 aliphatic carbocycles. The minimum absolute atomic E-state index is 0.0333. The molecular weight excluding hydrogens is 405 g/mol. The minimum Gasteiger partial charge on any atom is -0.369 e. The van der Waals surface area contributed by atoms with Gasteiger partial charge in [0.1, 0.15) is 5.15 Å². The van der Waals surface area contributed by atoms with Gasteiger partial charge in [0.05, 0.1) is 17.7 Å². The lowest BCUT2D eigenvalue weighted by Gasteiger charge is -2.34. The molecule has 0 atom stereocenters. The molecule has 156 valence electrons. The summed E-state index contributed by atoms with van der Waals surface area (Å²) < 4.78 is 38.7. The topological polar surface area (TPSA) is 48.5 Å². The van der Waals surface area contributed by atoms with Crippen molar-refractivity contribution < 1.29 is 18.0 Å². The zero-order valence-electron chi connectivity index (χ0n) is 16.2. The van der Waals surface area contributed by atoms with Crippen molar-refractivity contribution in [1.82, 2.24) is 9.88 Å². The molecule has 1 saturated heterocycles. The van der Waals surface area contributed by atoms with Gasteiger partial charge in [-0.2, -0.15) is 13.2 Å². The second kappa shape index (κ2) is 8.59. The average molecular weight is 427 g/mol. The highest BCUT2D eigenvalue weighted by atomic mass is 35.5. The quantitative estimate of drug-likeness (QED) is 0.751. The number of aromatic nitrogens is 1. The molecule has 0 saturated carbocycles. The molecule has 3 rings (SSSR count). The predicted octanol–water partition coefficient (Wildman–Crippen LogP) is 4.00. The zero-order chi connectivity index (χ0) is 21.2. The van der Waals surface area contributed by atoms with Crippen LogP contribution in [-0.4, -0.2) is 49.0 Å². The molecule has 0 unspecified atom stereocenters. The molecule has 1 aromatic heterocycles. The van der Waals surface area contributed by atoms with E-state index >= 15 is 0 Å². The average Bonchev–Trinajstić information content (AvgIpc) is 2.63. The minimum atomic E-state index is -4.55. The van der Waals surface area contributed by atoms with Gasteiger partial charge in [0, 0.05) is 37.6 Å². The van der Waals surface area contributed by atoms with Crippen molar-refractivity contribution in [2.24, 2.45) is 0 Å². The number of pyridine rings is 1. The number of carbonyl (C=O) groups is 1. The van der Waals surface area contributed by atoms with E-state index in [9.17, 15) is 18.0 Å². The fourth-order valence-corrected chi connectivity index (χ4v) is 3.44. The first kappa shape index (κ1) is 21.4. The number of halogens is 4. The van der Waals surface area contributed by atoms with Gasteiger partial charge in [0.25, 0.3) is 0 Å². The lowest BCUT2D eigenvalue weighted by atomic mass is 10.1. The van der Waals surface area contributed by atoms with Crippen molar-refractivity contribution in [2.45, 2.75) is 19.5 Å². The summed E-state index contributed by atoms with van der Waals surface area (Å²) in [6.07, 6.45) is -4.85. The Morgan fingerprint density at radius 3 is 2.48 bits per heavy atom. The maximum atomic E-state index is 12.9. The standard InChI is InChI=1S/C20H22ClF3N4O/c1-13-9-16(28-7-5-27(2)6-8-28)3-4-17(13)26-19(29)12-15-10-14(20(22,23)24)11-18(21)25-15/h3-4,9-11H,5-8,12H2,1-2H3,(H,26,29). The van der Waals surface area contributed by atoms with E-state index < -0.39 is 17.6 Å². The number of carbonyl (C=O) groups excluding carboxylic acids is 1. The van der Waals surface area contributed by atoms with Crippen molar-refractivity contribution in [3.05, 3.63) is 52.3 Å². The van der Waals surface area contributed by atoms with Gasteiger partial charge in [-0.1, -0.05) is 11.6 Å². The van der Waals surface area contributed by atoms with Crippen molar-refractivity contribution in [1.29, 1.82) is 0 Å². The van der Waals surface area contributed by atoms with E-state index in [4.69, 9.17) is 11.6 Å². The highest BCUT2D eigenvalue weighted by molar-refractivity contribution is 6.29. The van der Waals surface area contributed by atoms with Crippen LogP contribution in [0.5, 0.6) is 0 Å². The number of piperazine rings is 1. The third-order valence-corrected chi connectivity index (χ3v) is 5.06. The number of likely N-dealkylation sites (N-methyl/N-ethyl adjacent to an activating group) is 1. The Labute approximate surface area is 172 Å². The first-order valence-corrected chi connectivity index (χ1v) is 9.57. The molecule has 1 aromatic carbocycles. The molecule has 0 radical (unpaired) electrons. The van der Waals surface area contributed by atoms with Crippen LogP contribution in [0.25, 0.3) is 0 Å². The number of amides is 1. The molecule has 1 aliphatic rings. The van der Waals surface area contributed by atoms with Gasteiger partial charge in [0.15, 0.2) is 0 Å². The van der Waals surface area contributed by atoms with Crippen LogP contribution < -0.4 is 10.2 Å². The largest absolute Gasteiger partial charge is 0.416 e. The van der Waals surface area contributed by atoms with Crippen molar-refractivity contribution >= 4 is 28.9 Å². The molecule has 1 amide bonds. The Hall–Kier alpha value is -2.32. The van der Waals surface area contributed by atoms with Gasteiger partial charge in [0.2, 0.25) is 5.91 Å². The van der Waals surface area contributed by atoms with E-state index in [1.165, 1.54) is 0 Å². The number of alkyl halides is 3. The molecule has 1 aliphatic heterocycles. The summed E-state index contributed by atoms with van der Waals surface area (Å²) >= 11 is 5.67. The third kappa shape index (κ3) is 5.61. The van der Waals surface area contributed by atoms with Crippen LogP contribution in [0.3, 0.4) is 0 Å². The van der Waals surface area contributed by atoms with Crippen LogP contribution >= 0.6 is 11.6 Å². The first-order valence-electron chi connectivity index (χ1n) is 9.19. The normalized spacial score (nSPS) is 15.4. The fourth-order valence-electron chi connectivity index (χ4n) is 3.21. The Kier molecular flexibility index (Phi) is 6.33. The Bertz CT molecular complexity index is 896. The molecule has 5 nitrogen and oxygen atoms in total. The van der Waals surface area contributed by atoms with Gasteiger partial charge in [-0.3, -0.25) is 4.79 Å². The van der Waals surface area contributed by atoms with E-state index in [1.54, 1.807) is 0 Å². The second-order valence-corrected chi connectivity index (χ2v) is 7.57. The monoisotopic (exact) mass is 426 g/mol. The van der Waals surface area contributed by atoms with Crippen LogP contribution in [0.1, 0.15) is 16.8 Å². The van der Waals surface area contributed by atoms with Gasteiger partial charge in [-0.05, 0) is 49.9 Å². The number of nitrogens with one attached hydrogen (secondary N) is 1. The van der Waals surface area contributed by atoms with Crippen LogP contribution in [0, 0.1) is 6.92 Å². The molecule has 1 N–H and O–H groups in total. The summed E-state index contributed by atoms with van der Waals surface area (Å²) in [5.41, 5.74) is 1.62. The summed E-state index contributed by atoms with van der Waals surface area (Å²) in [6, 6.07) is 7.33. The van der Waals surface area contributed by atoms with Crippen LogP contribution in [0.2, 0.25) is 5.15 Å². The number of hydrogen-bond acceptors (Lipinski definition) is 4. The summed E-state index contributed by atoms with van der Waals surface area (Å²) in [5.74, 6) is -0.455. The number of benzene rings is 1. The molecule has 0 bridgehead atoms. The van der Waals surface area contributed by atoms with Crippen LogP contribution in [0.15, 0.2) is 30.3 Å². The van der Waals surface area contributed by atoms with Gasteiger partial charge < -0.3 is 15.1 Å². The summed E-state index contributed by atoms with van der Waals surface area (Å²) in [7, 11) is 2.09. The van der Waals surface area contributed by atoms with Crippen LogP contribution in [0.4, 0.5) is 24.5 Å². The number of hydrogen-bond donors (Lipinski definition) is 1. The summed E-state index contributed by atoms with van der Waals surface area (Å²) in [6.45, 7) is 5.73. The van der Waals surface area contributed by atoms with Crippen molar-refractivity contribution in [3.63, 3.8) is 0 Å². The first-order chi connectivity index (χ1) is 13.6. The van der Waals surface area contributed by atoms with Crippen LogP contribution in [-0.2, 0) is 17.4 Å². The Morgan fingerprint density at radius 1 is 1.17 bits per heavy atom. The zero-order valence-corrected chi connectivity index (χ0v) is 16.9. The molecule has 1 fully saturated rings. The van der Waals surface area contributed by atoms with Gasteiger partial charge in [-0.25, -0.2) is 4.98 Å². The third-order valence-electron chi connectivity index (χ3n) is 4.87. The number of rotatable bonds is 4. The second-order valence-electron chi connectivity index (χ2n) is 7.18. The Balaban J connectivity index is 1.67. The van der Waals surface area contributed by atoms with E-state index in [-0.39, 0.29) is 17.3 Å². The highest BCUT2D eigenvalue weighted by Gasteiger charge is 2.31. The van der Waals surface area contributed by atoms with E-state index in [2.05, 4.69) is 27.1 Å². The number of aryl methyl sites for hydroxylation is 1. The van der Waals surface area contributed by atoms with E-state index in [0.29, 0.717) is 5.69 Å². The van der Waals surface area contributed by atoms with E-state index in [1.807, 2.05) is 25.1 Å². The molecule has 29 heavy (non-hydrogen) atoms. The van der Waals surface area contributed by atoms with Gasteiger partial charge >= 0.3 is 6.18 Å². The Morgan fingerprint density at radius 2 is 1.86 bits per heavy atom. The molecule has 9 heteroatoms. The molecule has 2 heterocycles. The molecular formula is C20H22ClF3N4O. The van der Waals surface area contributed by atoms with Crippen molar-refractivity contribution in [2.75, 3.05) is 43.4 Å². The van der Waals surface area contributed by atoms with Gasteiger partial charge in [-0.15, -0.1) is 0 Å². The number of anilines is 2. The smallest absolute Gasteiger partial charge is 0.369 e. The number of nitrogens with zero attached hydrogens (tertiary/aromatic N) is 3. The maximum absolute atomic E-state index is 12.9. The summed E-state index contributed by atoms with van der Waals surface area (Å²) in [5, 5.41) is 2.45. The summed E-state index contributed by atoms with van der Waals surface area (Å²) in [4.78, 5) is 20.7. The predicted molar refractivity (Wildman–Crippen MR) is 107 cm³/mol. The van der Waals surface area contributed by atoms with Crippen molar-refractivity contribution in [3.8, 4) is 0 Å².